The first-order valence-electron chi connectivity index (χ1n) is 7.61. The summed E-state index contributed by atoms with van der Waals surface area (Å²) in [6.07, 6.45) is 0.964. The number of nitrogens with zero attached hydrogens (tertiary/aromatic N) is 1. The van der Waals surface area contributed by atoms with Gasteiger partial charge in [-0.15, -0.1) is 0 Å². The van der Waals surface area contributed by atoms with Gasteiger partial charge in [0.15, 0.2) is 0 Å². The maximum atomic E-state index is 12.5. The number of carbonyl (C=O) groups is 1. The van der Waals surface area contributed by atoms with Gasteiger partial charge in [-0.25, -0.2) is 0 Å². The molecule has 0 saturated carbocycles. The average molecular weight is 349 g/mol. The molecule has 0 bridgehead atoms. The summed E-state index contributed by atoms with van der Waals surface area (Å²) in [5, 5.41) is 3.91. The number of anilines is 1. The van der Waals surface area contributed by atoms with Gasteiger partial charge in [0, 0.05) is 18.1 Å². The van der Waals surface area contributed by atoms with Gasteiger partial charge in [0.1, 0.15) is 0 Å². The van der Waals surface area contributed by atoms with Crippen LogP contribution in [0.15, 0.2) is 42.5 Å². The summed E-state index contributed by atoms with van der Waals surface area (Å²) in [5.41, 5.74) is 3.21. The molecular formula is C18H18Cl2N2O. The summed E-state index contributed by atoms with van der Waals surface area (Å²) in [6.45, 7) is 3.57. The molecule has 5 heteroatoms. The Morgan fingerprint density at radius 2 is 1.91 bits per heavy atom. The minimum Gasteiger partial charge on any atom is -0.323 e. The van der Waals surface area contributed by atoms with Gasteiger partial charge < -0.3 is 5.32 Å². The van der Waals surface area contributed by atoms with Gasteiger partial charge in [0.2, 0.25) is 5.91 Å². The Morgan fingerprint density at radius 1 is 1.17 bits per heavy atom. The molecule has 3 rings (SSSR count). The number of fused-ring (bicyclic) bond motifs is 1. The summed E-state index contributed by atoms with van der Waals surface area (Å²) in [6, 6.07) is 13.2. The largest absolute Gasteiger partial charge is 0.323 e. The normalized spacial score (nSPS) is 15.8. The van der Waals surface area contributed by atoms with Crippen LogP contribution in [0, 0.1) is 0 Å². The number of rotatable bonds is 3. The predicted octanol–water partition coefficient (Wildman–Crippen LogP) is 4.38. The Balaban J connectivity index is 1.70. The van der Waals surface area contributed by atoms with Gasteiger partial charge in [-0.1, -0.05) is 47.5 Å². The Bertz CT molecular complexity index is 733. The lowest BCUT2D eigenvalue weighted by atomic mass is 9.99. The third-order valence-electron chi connectivity index (χ3n) is 4.27. The summed E-state index contributed by atoms with van der Waals surface area (Å²) in [7, 11) is 0. The van der Waals surface area contributed by atoms with E-state index in [1.807, 2.05) is 13.0 Å². The molecule has 3 nitrogen and oxygen atoms in total. The van der Waals surface area contributed by atoms with Crippen LogP contribution in [0.3, 0.4) is 0 Å². The van der Waals surface area contributed by atoms with E-state index >= 15 is 0 Å². The van der Waals surface area contributed by atoms with Crippen molar-refractivity contribution < 1.29 is 4.79 Å². The van der Waals surface area contributed by atoms with Crippen LogP contribution in [-0.4, -0.2) is 23.4 Å². The lowest BCUT2D eigenvalue weighted by molar-refractivity contribution is -0.121. The highest BCUT2D eigenvalue weighted by atomic mass is 35.5. The van der Waals surface area contributed by atoms with E-state index in [2.05, 4.69) is 28.4 Å². The Hall–Kier alpha value is -1.55. The van der Waals surface area contributed by atoms with E-state index in [1.165, 1.54) is 11.1 Å². The standard InChI is InChI=1S/C18H18Cl2N2O/c1-12(18(23)21-17-10-15(19)6-7-16(17)20)22-9-8-13-4-2-3-5-14(13)11-22/h2-7,10,12H,8-9,11H2,1H3,(H,21,23)/t12-/m0/s1. The maximum Gasteiger partial charge on any atom is 0.241 e. The second-order valence-corrected chi connectivity index (χ2v) is 6.62. The Kier molecular flexibility index (Phi) is 4.90. The van der Waals surface area contributed by atoms with Gasteiger partial charge >= 0.3 is 0 Å². The summed E-state index contributed by atoms with van der Waals surface area (Å²) in [4.78, 5) is 14.7. The first kappa shape index (κ1) is 16.3. The van der Waals surface area contributed by atoms with Gasteiger partial charge in [0.25, 0.3) is 0 Å². The van der Waals surface area contributed by atoms with Crippen molar-refractivity contribution in [3.63, 3.8) is 0 Å². The molecule has 1 aliphatic rings. The summed E-state index contributed by atoms with van der Waals surface area (Å²) in [5.74, 6) is -0.0754. The highest BCUT2D eigenvalue weighted by Crippen LogP contribution is 2.26. The van der Waals surface area contributed by atoms with E-state index < -0.39 is 0 Å². The zero-order valence-electron chi connectivity index (χ0n) is 12.9. The van der Waals surface area contributed by atoms with Crippen molar-refractivity contribution in [1.82, 2.24) is 4.90 Å². The fourth-order valence-corrected chi connectivity index (χ4v) is 3.18. The number of halogens is 2. The fraction of sp³-hybridized carbons (Fsp3) is 0.278. The van der Waals surface area contributed by atoms with Crippen LogP contribution in [0.1, 0.15) is 18.1 Å². The maximum absolute atomic E-state index is 12.5. The molecule has 23 heavy (non-hydrogen) atoms. The molecule has 0 saturated heterocycles. The third-order valence-corrected chi connectivity index (χ3v) is 4.84. The van der Waals surface area contributed by atoms with E-state index in [-0.39, 0.29) is 11.9 Å². The van der Waals surface area contributed by atoms with Crippen LogP contribution >= 0.6 is 23.2 Å². The second kappa shape index (κ2) is 6.91. The van der Waals surface area contributed by atoms with Crippen LogP contribution in [0.25, 0.3) is 0 Å². The van der Waals surface area contributed by atoms with Gasteiger partial charge in [0.05, 0.1) is 16.8 Å². The van der Waals surface area contributed by atoms with Crippen LogP contribution in [0.4, 0.5) is 5.69 Å². The minimum atomic E-state index is -0.238. The topological polar surface area (TPSA) is 32.3 Å². The minimum absolute atomic E-state index is 0.0754. The molecule has 0 unspecified atom stereocenters. The van der Waals surface area contributed by atoms with E-state index in [1.54, 1.807) is 18.2 Å². The molecule has 1 atom stereocenters. The zero-order valence-corrected chi connectivity index (χ0v) is 14.4. The smallest absolute Gasteiger partial charge is 0.241 e. The van der Waals surface area contributed by atoms with E-state index in [9.17, 15) is 4.79 Å². The molecule has 1 aliphatic heterocycles. The average Bonchev–Trinajstić information content (AvgIpc) is 2.57. The SMILES string of the molecule is C[C@@H](C(=O)Nc1cc(Cl)ccc1Cl)N1CCc2ccccc2C1. The van der Waals surface area contributed by atoms with E-state index in [0.29, 0.717) is 15.7 Å². The van der Waals surface area contributed by atoms with Crippen molar-refractivity contribution in [3.05, 3.63) is 63.6 Å². The molecule has 1 N–H and O–H groups in total. The van der Waals surface area contributed by atoms with Crippen molar-refractivity contribution in [2.75, 3.05) is 11.9 Å². The predicted molar refractivity (Wildman–Crippen MR) is 95.1 cm³/mol. The molecule has 1 heterocycles. The number of carbonyl (C=O) groups excluding carboxylic acids is 1. The van der Waals surface area contributed by atoms with Crippen molar-refractivity contribution in [1.29, 1.82) is 0 Å². The molecule has 0 aromatic heterocycles. The molecule has 0 aliphatic carbocycles. The monoisotopic (exact) mass is 348 g/mol. The third kappa shape index (κ3) is 3.69. The molecule has 0 radical (unpaired) electrons. The van der Waals surface area contributed by atoms with Crippen LogP contribution in [0.2, 0.25) is 10.0 Å². The number of benzene rings is 2. The van der Waals surface area contributed by atoms with Crippen LogP contribution in [0.5, 0.6) is 0 Å². The van der Waals surface area contributed by atoms with Crippen molar-refractivity contribution in [2.24, 2.45) is 0 Å². The first-order valence-corrected chi connectivity index (χ1v) is 8.37. The van der Waals surface area contributed by atoms with Crippen molar-refractivity contribution in [2.45, 2.75) is 25.9 Å². The van der Waals surface area contributed by atoms with Gasteiger partial charge in [-0.05, 0) is 42.7 Å². The number of nitrogens with one attached hydrogen (secondary N) is 1. The fourth-order valence-electron chi connectivity index (χ4n) is 2.84. The van der Waals surface area contributed by atoms with Crippen molar-refractivity contribution in [3.8, 4) is 0 Å². The van der Waals surface area contributed by atoms with Gasteiger partial charge in [-0.2, -0.15) is 0 Å². The molecule has 2 aromatic rings. The summed E-state index contributed by atoms with van der Waals surface area (Å²) < 4.78 is 0. The lowest BCUT2D eigenvalue weighted by Crippen LogP contribution is -2.44. The number of amides is 1. The quantitative estimate of drug-likeness (QED) is 0.892. The Morgan fingerprint density at radius 3 is 2.70 bits per heavy atom. The molecule has 0 spiro atoms. The molecular weight excluding hydrogens is 331 g/mol. The second-order valence-electron chi connectivity index (χ2n) is 5.78. The molecule has 120 valence electrons. The highest BCUT2D eigenvalue weighted by Gasteiger charge is 2.25. The molecule has 2 aromatic carbocycles. The molecule has 1 amide bonds. The van der Waals surface area contributed by atoms with Crippen LogP contribution < -0.4 is 5.32 Å². The first-order chi connectivity index (χ1) is 11.0. The Labute approximate surface area is 146 Å². The molecule has 0 fully saturated rings. The van der Waals surface area contributed by atoms with E-state index in [0.717, 1.165) is 19.5 Å². The lowest BCUT2D eigenvalue weighted by Gasteiger charge is -2.32. The number of hydrogen-bond donors (Lipinski definition) is 1. The number of hydrogen-bond acceptors (Lipinski definition) is 2. The van der Waals surface area contributed by atoms with Crippen LogP contribution in [-0.2, 0) is 17.8 Å². The highest BCUT2D eigenvalue weighted by molar-refractivity contribution is 6.35. The summed E-state index contributed by atoms with van der Waals surface area (Å²) >= 11 is 12.1. The van der Waals surface area contributed by atoms with E-state index in [4.69, 9.17) is 23.2 Å². The van der Waals surface area contributed by atoms with Crippen molar-refractivity contribution >= 4 is 34.8 Å². The zero-order chi connectivity index (χ0) is 16.4. The van der Waals surface area contributed by atoms with Gasteiger partial charge in [-0.3, -0.25) is 9.69 Å².